The molecule has 0 unspecified atom stereocenters. The van der Waals surface area contributed by atoms with Crippen LogP contribution in [0.3, 0.4) is 0 Å². The minimum Gasteiger partial charge on any atom is -0.370 e. The molecule has 2 heterocycles. The molecule has 0 saturated carbocycles. The molecule has 0 radical (unpaired) electrons. The Morgan fingerprint density at radius 2 is 1.73 bits per heavy atom. The molecule has 0 aromatic heterocycles. The number of benzene rings is 1. The van der Waals surface area contributed by atoms with Crippen molar-refractivity contribution in [1.29, 1.82) is 0 Å². The zero-order chi connectivity index (χ0) is 21.7. The third-order valence-electron chi connectivity index (χ3n) is 6.30. The fourth-order valence-electron chi connectivity index (χ4n) is 4.62. The maximum atomic E-state index is 12.5. The molecule has 2 fully saturated rings. The molecule has 1 aromatic rings. The lowest BCUT2D eigenvalue weighted by atomic mass is 9.88. The van der Waals surface area contributed by atoms with Crippen molar-refractivity contribution in [3.8, 4) is 0 Å². The van der Waals surface area contributed by atoms with Crippen LogP contribution < -0.4 is 5.32 Å². The molecule has 2 aliphatic heterocycles. The Kier molecular flexibility index (Phi) is 7.56. The Morgan fingerprint density at radius 1 is 1.07 bits per heavy atom. The van der Waals surface area contributed by atoms with E-state index in [0.717, 1.165) is 45.2 Å². The lowest BCUT2D eigenvalue weighted by Gasteiger charge is -2.39. The number of ether oxygens (including phenoxy) is 1. The first kappa shape index (κ1) is 22.8. The van der Waals surface area contributed by atoms with E-state index >= 15 is 0 Å². The SMILES string of the molecule is CC(C)CC(=O)N1CCC2(CC[C@@H](CNC(=O)c3ccc(CC(C)C)cc3)O2)CC1. The normalized spacial score (nSPS) is 20.9. The van der Waals surface area contributed by atoms with Crippen LogP contribution in [0.15, 0.2) is 24.3 Å². The monoisotopic (exact) mass is 414 g/mol. The minimum absolute atomic E-state index is 0.0373. The van der Waals surface area contributed by atoms with Gasteiger partial charge in [-0.25, -0.2) is 0 Å². The maximum absolute atomic E-state index is 12.5. The number of amides is 2. The van der Waals surface area contributed by atoms with Gasteiger partial charge in [-0.15, -0.1) is 0 Å². The van der Waals surface area contributed by atoms with Crippen LogP contribution in [0.1, 0.15) is 75.7 Å². The molecule has 3 rings (SSSR count). The summed E-state index contributed by atoms with van der Waals surface area (Å²) >= 11 is 0. The number of hydrogen-bond donors (Lipinski definition) is 1. The maximum Gasteiger partial charge on any atom is 0.251 e. The molecule has 5 nitrogen and oxygen atoms in total. The van der Waals surface area contributed by atoms with Crippen LogP contribution in [0.2, 0.25) is 0 Å². The first-order valence-corrected chi connectivity index (χ1v) is 11.6. The van der Waals surface area contributed by atoms with Crippen molar-refractivity contribution in [3.63, 3.8) is 0 Å². The van der Waals surface area contributed by atoms with Gasteiger partial charge in [0.05, 0.1) is 11.7 Å². The second-order valence-corrected chi connectivity index (χ2v) is 9.95. The molecular formula is C25H38N2O3. The predicted molar refractivity (Wildman–Crippen MR) is 119 cm³/mol. The van der Waals surface area contributed by atoms with Crippen LogP contribution in [-0.4, -0.2) is 48.1 Å². The number of likely N-dealkylation sites (tertiary alicyclic amines) is 1. The third-order valence-corrected chi connectivity index (χ3v) is 6.30. The Hall–Kier alpha value is -1.88. The summed E-state index contributed by atoms with van der Waals surface area (Å²) in [6, 6.07) is 7.91. The van der Waals surface area contributed by atoms with Crippen molar-refractivity contribution in [2.24, 2.45) is 11.8 Å². The topological polar surface area (TPSA) is 58.6 Å². The second kappa shape index (κ2) is 9.95. The smallest absolute Gasteiger partial charge is 0.251 e. The van der Waals surface area contributed by atoms with E-state index in [1.807, 2.05) is 29.2 Å². The highest BCUT2D eigenvalue weighted by atomic mass is 16.5. The van der Waals surface area contributed by atoms with Crippen molar-refractivity contribution in [1.82, 2.24) is 10.2 Å². The molecule has 1 aromatic carbocycles. The van der Waals surface area contributed by atoms with Gasteiger partial charge in [0.15, 0.2) is 0 Å². The molecule has 1 spiro atoms. The molecule has 0 aliphatic carbocycles. The van der Waals surface area contributed by atoms with Gasteiger partial charge in [-0.05, 0) is 61.6 Å². The fourth-order valence-corrected chi connectivity index (χ4v) is 4.62. The van der Waals surface area contributed by atoms with Gasteiger partial charge in [-0.3, -0.25) is 9.59 Å². The minimum atomic E-state index is -0.109. The average molecular weight is 415 g/mol. The standard InChI is InChI=1S/C25H38N2O3/c1-18(2)15-20-5-7-21(8-6-20)24(29)26-17-22-9-10-25(30-22)11-13-27(14-12-25)23(28)16-19(3)4/h5-8,18-19,22H,9-17H2,1-4H3,(H,26,29)/t22-/m0/s1. The quantitative estimate of drug-likeness (QED) is 0.727. The first-order valence-electron chi connectivity index (χ1n) is 11.6. The van der Waals surface area contributed by atoms with Gasteiger partial charge in [0, 0.05) is 31.6 Å². The summed E-state index contributed by atoms with van der Waals surface area (Å²) in [5.74, 6) is 1.23. The predicted octanol–water partition coefficient (Wildman–Crippen LogP) is 4.20. The Morgan fingerprint density at radius 3 is 2.33 bits per heavy atom. The summed E-state index contributed by atoms with van der Waals surface area (Å²) in [6.45, 7) is 10.7. The molecule has 1 N–H and O–H groups in total. The fraction of sp³-hybridized carbons (Fsp3) is 0.680. The number of piperidine rings is 1. The Balaban J connectivity index is 1.43. The van der Waals surface area contributed by atoms with Crippen LogP contribution in [-0.2, 0) is 16.0 Å². The Bertz CT molecular complexity index is 718. The molecular weight excluding hydrogens is 376 g/mol. The highest BCUT2D eigenvalue weighted by Gasteiger charge is 2.43. The van der Waals surface area contributed by atoms with Gasteiger partial charge >= 0.3 is 0 Å². The summed E-state index contributed by atoms with van der Waals surface area (Å²) in [6.07, 6.45) is 5.50. The van der Waals surface area contributed by atoms with Gasteiger partial charge in [0.2, 0.25) is 5.91 Å². The highest BCUT2D eigenvalue weighted by Crippen LogP contribution is 2.38. The number of carbonyl (C=O) groups excluding carboxylic acids is 2. The third kappa shape index (κ3) is 6.07. The first-order chi connectivity index (χ1) is 14.3. The zero-order valence-electron chi connectivity index (χ0n) is 19.1. The van der Waals surface area contributed by atoms with Crippen LogP contribution in [0, 0.1) is 11.8 Å². The molecule has 2 aliphatic rings. The number of rotatable bonds is 7. The molecule has 2 saturated heterocycles. The molecule has 1 atom stereocenters. The van der Waals surface area contributed by atoms with Crippen LogP contribution >= 0.6 is 0 Å². The lowest BCUT2D eigenvalue weighted by Crippen LogP contribution is -2.47. The molecule has 30 heavy (non-hydrogen) atoms. The highest BCUT2D eigenvalue weighted by molar-refractivity contribution is 5.94. The molecule has 2 amide bonds. The number of nitrogens with one attached hydrogen (secondary N) is 1. The van der Waals surface area contributed by atoms with E-state index in [-0.39, 0.29) is 23.5 Å². The number of hydrogen-bond acceptors (Lipinski definition) is 3. The van der Waals surface area contributed by atoms with Gasteiger partial charge in [0.25, 0.3) is 5.91 Å². The van der Waals surface area contributed by atoms with E-state index in [9.17, 15) is 9.59 Å². The molecule has 0 bridgehead atoms. The lowest BCUT2D eigenvalue weighted by molar-refractivity contribution is -0.138. The zero-order valence-corrected chi connectivity index (χ0v) is 19.1. The van der Waals surface area contributed by atoms with Crippen LogP contribution in [0.4, 0.5) is 0 Å². The van der Waals surface area contributed by atoms with Crippen molar-refractivity contribution in [2.75, 3.05) is 19.6 Å². The number of nitrogens with zero attached hydrogens (tertiary/aromatic N) is 1. The summed E-state index contributed by atoms with van der Waals surface area (Å²) in [4.78, 5) is 26.8. The van der Waals surface area contributed by atoms with Gasteiger partial charge in [-0.2, -0.15) is 0 Å². The van der Waals surface area contributed by atoms with Crippen LogP contribution in [0.5, 0.6) is 0 Å². The van der Waals surface area contributed by atoms with Crippen molar-refractivity contribution in [3.05, 3.63) is 35.4 Å². The second-order valence-electron chi connectivity index (χ2n) is 9.95. The van der Waals surface area contributed by atoms with E-state index in [2.05, 4.69) is 33.0 Å². The van der Waals surface area contributed by atoms with E-state index in [1.165, 1.54) is 5.56 Å². The average Bonchev–Trinajstić information content (AvgIpc) is 3.08. The summed E-state index contributed by atoms with van der Waals surface area (Å²) < 4.78 is 6.40. The Labute approximate surface area is 181 Å². The van der Waals surface area contributed by atoms with Crippen LogP contribution in [0.25, 0.3) is 0 Å². The largest absolute Gasteiger partial charge is 0.370 e. The van der Waals surface area contributed by atoms with E-state index < -0.39 is 0 Å². The van der Waals surface area contributed by atoms with E-state index in [4.69, 9.17) is 4.74 Å². The van der Waals surface area contributed by atoms with Gasteiger partial charge in [-0.1, -0.05) is 39.8 Å². The summed E-state index contributed by atoms with van der Waals surface area (Å²) in [5, 5.41) is 3.04. The molecule has 5 heteroatoms. The van der Waals surface area contributed by atoms with E-state index in [1.54, 1.807) is 0 Å². The summed E-state index contributed by atoms with van der Waals surface area (Å²) in [7, 11) is 0. The van der Waals surface area contributed by atoms with Gasteiger partial charge in [0.1, 0.15) is 0 Å². The van der Waals surface area contributed by atoms with Crippen molar-refractivity contribution in [2.45, 2.75) is 77.9 Å². The van der Waals surface area contributed by atoms with E-state index in [0.29, 0.717) is 30.4 Å². The van der Waals surface area contributed by atoms with Crippen molar-refractivity contribution >= 4 is 11.8 Å². The number of carbonyl (C=O) groups is 2. The summed E-state index contributed by atoms with van der Waals surface area (Å²) in [5.41, 5.74) is 1.86. The van der Waals surface area contributed by atoms with Gasteiger partial charge < -0.3 is 15.0 Å². The molecule has 166 valence electrons. The van der Waals surface area contributed by atoms with Crippen molar-refractivity contribution < 1.29 is 14.3 Å².